The lowest BCUT2D eigenvalue weighted by Crippen LogP contribution is -2.28. The van der Waals surface area contributed by atoms with Crippen LogP contribution in [0.15, 0.2) is 21.5 Å². The molecule has 0 aliphatic carbocycles. The molecular formula is C17H18BrNO5S2. The molecule has 26 heavy (non-hydrogen) atoms. The number of esters is 1. The fraction of sp³-hybridized carbons (Fsp3) is 0.353. The van der Waals surface area contributed by atoms with Gasteiger partial charge in [0.1, 0.15) is 4.32 Å². The lowest BCUT2D eigenvalue weighted by atomic mass is 10.2. The van der Waals surface area contributed by atoms with Crippen LogP contribution in [0.2, 0.25) is 0 Å². The number of hydrogen-bond acceptors (Lipinski definition) is 7. The Hall–Kier alpha value is -1.58. The van der Waals surface area contributed by atoms with Crippen LogP contribution in [0.4, 0.5) is 0 Å². The van der Waals surface area contributed by atoms with Gasteiger partial charge >= 0.3 is 5.97 Å². The molecule has 1 aromatic rings. The minimum Gasteiger partial charge on any atom is -0.493 e. The number of halogens is 1. The first-order valence-electron chi connectivity index (χ1n) is 7.73. The third-order valence-electron chi connectivity index (χ3n) is 3.46. The Morgan fingerprint density at radius 1 is 1.35 bits per heavy atom. The fourth-order valence-corrected chi connectivity index (χ4v) is 3.92. The molecule has 1 aliphatic rings. The van der Waals surface area contributed by atoms with Gasteiger partial charge in [0, 0.05) is 11.0 Å². The largest absolute Gasteiger partial charge is 0.493 e. The van der Waals surface area contributed by atoms with E-state index in [1.807, 2.05) is 6.92 Å². The van der Waals surface area contributed by atoms with Gasteiger partial charge in [0.05, 0.1) is 19.1 Å². The summed E-state index contributed by atoms with van der Waals surface area (Å²) in [6.07, 6.45) is 2.59. The Morgan fingerprint density at radius 3 is 2.69 bits per heavy atom. The van der Waals surface area contributed by atoms with E-state index in [1.54, 1.807) is 23.1 Å². The third kappa shape index (κ3) is 4.77. The van der Waals surface area contributed by atoms with E-state index in [4.69, 9.17) is 21.7 Å². The Morgan fingerprint density at radius 2 is 2.08 bits per heavy atom. The van der Waals surface area contributed by atoms with E-state index in [2.05, 4.69) is 20.7 Å². The number of thioether (sulfide) groups is 1. The quantitative estimate of drug-likeness (QED) is 0.350. The van der Waals surface area contributed by atoms with Gasteiger partial charge in [0.2, 0.25) is 0 Å². The van der Waals surface area contributed by atoms with E-state index in [9.17, 15) is 9.59 Å². The molecule has 1 heterocycles. The van der Waals surface area contributed by atoms with Gasteiger partial charge in [0.25, 0.3) is 5.91 Å². The summed E-state index contributed by atoms with van der Waals surface area (Å²) in [5.74, 6) is 0.235. The number of rotatable bonds is 7. The van der Waals surface area contributed by atoms with Crippen LogP contribution in [0.1, 0.15) is 18.9 Å². The van der Waals surface area contributed by atoms with Crippen LogP contribution in [0.25, 0.3) is 6.08 Å². The van der Waals surface area contributed by atoms with Gasteiger partial charge in [0.15, 0.2) is 18.1 Å². The lowest BCUT2D eigenvalue weighted by molar-refractivity contribution is -0.142. The highest BCUT2D eigenvalue weighted by molar-refractivity contribution is 9.10. The number of hydrogen-bond donors (Lipinski definition) is 0. The van der Waals surface area contributed by atoms with Crippen LogP contribution in [-0.4, -0.2) is 48.5 Å². The monoisotopic (exact) mass is 459 g/mol. The van der Waals surface area contributed by atoms with E-state index < -0.39 is 5.97 Å². The number of nitrogens with zero attached hydrogens (tertiary/aromatic N) is 1. The molecule has 2 rings (SSSR count). The van der Waals surface area contributed by atoms with Crippen molar-refractivity contribution in [3.63, 3.8) is 0 Å². The average Bonchev–Trinajstić information content (AvgIpc) is 2.89. The molecule has 1 amide bonds. The standard InChI is InChI=1S/C17H18BrNO5S2/c1-4-5-19-16(21)14(26-17(19)25)7-10-6-12(22-2)13(8-11(10)18)24-9-15(20)23-3/h6-8H,4-5,9H2,1-3H3/b14-7-. The normalized spacial score (nSPS) is 15.5. The summed E-state index contributed by atoms with van der Waals surface area (Å²) in [7, 11) is 2.79. The predicted molar refractivity (Wildman–Crippen MR) is 108 cm³/mol. The first-order chi connectivity index (χ1) is 12.4. The molecule has 9 heteroatoms. The number of thiocarbonyl (C=S) groups is 1. The molecule has 1 aromatic carbocycles. The van der Waals surface area contributed by atoms with Crippen molar-refractivity contribution < 1.29 is 23.8 Å². The summed E-state index contributed by atoms with van der Waals surface area (Å²) in [5, 5.41) is 0. The van der Waals surface area contributed by atoms with Crippen LogP contribution >= 0.6 is 39.9 Å². The summed E-state index contributed by atoms with van der Waals surface area (Å²) in [6.45, 7) is 2.37. The Kier molecular flexibility index (Phi) is 7.48. The number of carbonyl (C=O) groups excluding carboxylic acids is 2. The molecule has 0 saturated carbocycles. The van der Waals surface area contributed by atoms with Crippen molar-refractivity contribution in [3.05, 3.63) is 27.1 Å². The molecule has 0 unspecified atom stereocenters. The molecule has 1 aliphatic heterocycles. The van der Waals surface area contributed by atoms with Gasteiger partial charge in [-0.2, -0.15) is 0 Å². The van der Waals surface area contributed by atoms with Gasteiger partial charge in [-0.15, -0.1) is 0 Å². The third-order valence-corrected chi connectivity index (χ3v) is 5.53. The summed E-state index contributed by atoms with van der Waals surface area (Å²) < 4.78 is 16.6. The van der Waals surface area contributed by atoms with Gasteiger partial charge < -0.3 is 14.2 Å². The highest BCUT2D eigenvalue weighted by Gasteiger charge is 2.31. The van der Waals surface area contributed by atoms with Crippen molar-refractivity contribution in [3.8, 4) is 11.5 Å². The second-order valence-corrected chi connectivity index (χ2v) is 7.75. The highest BCUT2D eigenvalue weighted by Crippen LogP contribution is 2.38. The summed E-state index contributed by atoms with van der Waals surface area (Å²) in [4.78, 5) is 25.9. The zero-order valence-electron chi connectivity index (χ0n) is 14.5. The van der Waals surface area contributed by atoms with E-state index >= 15 is 0 Å². The first-order valence-corrected chi connectivity index (χ1v) is 9.75. The summed E-state index contributed by atoms with van der Waals surface area (Å²) >= 11 is 10.0. The Bertz CT molecular complexity index is 766. The van der Waals surface area contributed by atoms with Crippen molar-refractivity contribution in [1.82, 2.24) is 4.90 Å². The molecule has 0 N–H and O–H groups in total. The van der Waals surface area contributed by atoms with Crippen molar-refractivity contribution in [2.24, 2.45) is 0 Å². The topological polar surface area (TPSA) is 65.1 Å². The van der Waals surface area contributed by atoms with Gasteiger partial charge in [-0.05, 0) is 30.2 Å². The van der Waals surface area contributed by atoms with Gasteiger partial charge in [-0.3, -0.25) is 9.69 Å². The smallest absolute Gasteiger partial charge is 0.343 e. The van der Waals surface area contributed by atoms with E-state index in [-0.39, 0.29) is 12.5 Å². The van der Waals surface area contributed by atoms with Gasteiger partial charge in [-0.1, -0.05) is 46.8 Å². The van der Waals surface area contributed by atoms with E-state index in [0.29, 0.717) is 31.7 Å². The molecule has 1 fully saturated rings. The zero-order chi connectivity index (χ0) is 19.3. The molecule has 0 spiro atoms. The van der Waals surface area contributed by atoms with E-state index in [1.165, 1.54) is 26.0 Å². The van der Waals surface area contributed by atoms with Gasteiger partial charge in [-0.25, -0.2) is 4.79 Å². The number of carbonyl (C=O) groups is 2. The molecule has 6 nitrogen and oxygen atoms in total. The molecule has 0 bridgehead atoms. The van der Waals surface area contributed by atoms with Crippen LogP contribution in [0.5, 0.6) is 11.5 Å². The van der Waals surface area contributed by atoms with Crippen LogP contribution in [0.3, 0.4) is 0 Å². The number of benzene rings is 1. The van der Waals surface area contributed by atoms with Crippen molar-refractivity contribution >= 4 is 62.2 Å². The maximum atomic E-state index is 12.5. The average molecular weight is 460 g/mol. The van der Waals surface area contributed by atoms with Crippen LogP contribution in [0, 0.1) is 0 Å². The highest BCUT2D eigenvalue weighted by atomic mass is 79.9. The minimum absolute atomic E-state index is 0.0984. The molecule has 0 aromatic heterocycles. The summed E-state index contributed by atoms with van der Waals surface area (Å²) in [6, 6.07) is 3.41. The predicted octanol–water partition coefficient (Wildman–Crippen LogP) is 3.62. The molecule has 0 atom stereocenters. The zero-order valence-corrected chi connectivity index (χ0v) is 17.8. The molecule has 0 radical (unpaired) electrons. The van der Waals surface area contributed by atoms with Crippen molar-refractivity contribution in [2.45, 2.75) is 13.3 Å². The maximum Gasteiger partial charge on any atom is 0.343 e. The second-order valence-electron chi connectivity index (χ2n) is 5.22. The van der Waals surface area contributed by atoms with E-state index in [0.717, 1.165) is 12.0 Å². The van der Waals surface area contributed by atoms with Crippen molar-refractivity contribution in [1.29, 1.82) is 0 Å². The second kappa shape index (κ2) is 9.38. The minimum atomic E-state index is -0.494. The molecular weight excluding hydrogens is 442 g/mol. The number of amides is 1. The first kappa shape index (κ1) is 20.7. The maximum absolute atomic E-state index is 12.5. The van der Waals surface area contributed by atoms with Crippen molar-refractivity contribution in [2.75, 3.05) is 27.4 Å². The lowest BCUT2D eigenvalue weighted by Gasteiger charge is -2.13. The molecule has 140 valence electrons. The van der Waals surface area contributed by atoms with Crippen LogP contribution < -0.4 is 9.47 Å². The fourth-order valence-electron chi connectivity index (χ4n) is 2.19. The molecule has 1 saturated heterocycles. The Balaban J connectivity index is 2.29. The summed E-state index contributed by atoms with van der Waals surface area (Å²) in [5.41, 5.74) is 0.740. The SMILES string of the molecule is CCCN1C(=O)/C(=C/c2cc(OC)c(OCC(=O)OC)cc2Br)SC1=S. The van der Waals surface area contributed by atoms with Crippen LogP contribution in [-0.2, 0) is 14.3 Å². The number of ether oxygens (including phenoxy) is 3. The number of methoxy groups -OCH3 is 2. The Labute approximate surface area is 170 Å².